The quantitative estimate of drug-likeness (QED) is 0.782. The van der Waals surface area contributed by atoms with E-state index >= 15 is 0 Å². The Morgan fingerprint density at radius 2 is 2.06 bits per heavy atom. The van der Waals surface area contributed by atoms with E-state index in [9.17, 15) is 8.78 Å². The molecule has 0 spiro atoms. The second-order valence-electron chi connectivity index (χ2n) is 3.43. The van der Waals surface area contributed by atoms with Crippen molar-refractivity contribution in [3.63, 3.8) is 0 Å². The van der Waals surface area contributed by atoms with Gasteiger partial charge in [0.25, 0.3) is 6.43 Å². The van der Waals surface area contributed by atoms with Crippen LogP contribution < -0.4 is 4.90 Å². The molecule has 0 unspecified atom stereocenters. The minimum Gasteiger partial charge on any atom is -0.349 e. The van der Waals surface area contributed by atoms with Crippen molar-refractivity contribution in [3.05, 3.63) is 17.6 Å². The number of hydrogen-bond acceptors (Lipinski definition) is 3. The van der Waals surface area contributed by atoms with Crippen LogP contribution >= 0.6 is 15.9 Å². The molecular formula is C10H14BrF2N3. The summed E-state index contributed by atoms with van der Waals surface area (Å²) in [6, 6.07) is 0. The van der Waals surface area contributed by atoms with Crippen molar-refractivity contribution < 1.29 is 8.78 Å². The molecule has 1 heterocycles. The minimum atomic E-state index is -2.37. The van der Waals surface area contributed by atoms with Crippen LogP contribution in [0.5, 0.6) is 0 Å². The molecule has 0 atom stereocenters. The lowest BCUT2D eigenvalue weighted by atomic mass is 10.3. The Labute approximate surface area is 102 Å². The van der Waals surface area contributed by atoms with Gasteiger partial charge in [-0.15, -0.1) is 0 Å². The highest BCUT2D eigenvalue weighted by atomic mass is 79.9. The van der Waals surface area contributed by atoms with Crippen LogP contribution in [0.15, 0.2) is 6.20 Å². The van der Waals surface area contributed by atoms with Gasteiger partial charge in [0.1, 0.15) is 5.82 Å². The zero-order chi connectivity index (χ0) is 12.1. The fraction of sp³-hybridized carbons (Fsp3) is 0.600. The molecule has 6 heteroatoms. The standard InChI is InChI=1S/C10H14BrF2N3/c1-7-8(2)15-10(5-14-7)16(4-3-11)6-9(12)13/h5,9H,3-4,6H2,1-2H3. The Morgan fingerprint density at radius 1 is 1.38 bits per heavy atom. The Morgan fingerprint density at radius 3 is 2.56 bits per heavy atom. The molecule has 0 saturated heterocycles. The second kappa shape index (κ2) is 6.08. The van der Waals surface area contributed by atoms with E-state index in [0.29, 0.717) is 17.7 Å². The first-order chi connectivity index (χ1) is 7.54. The van der Waals surface area contributed by atoms with Gasteiger partial charge < -0.3 is 4.90 Å². The smallest absolute Gasteiger partial charge is 0.255 e. The number of halogens is 3. The molecule has 1 rings (SSSR count). The number of rotatable bonds is 5. The number of aromatic nitrogens is 2. The molecule has 1 aromatic heterocycles. The SMILES string of the molecule is Cc1ncc(N(CCBr)CC(F)F)nc1C. The Bertz CT molecular complexity index is 347. The van der Waals surface area contributed by atoms with E-state index in [2.05, 4.69) is 25.9 Å². The van der Waals surface area contributed by atoms with Crippen molar-refractivity contribution in [1.29, 1.82) is 0 Å². The highest BCUT2D eigenvalue weighted by Crippen LogP contribution is 2.13. The van der Waals surface area contributed by atoms with Gasteiger partial charge >= 0.3 is 0 Å². The maximum atomic E-state index is 12.4. The monoisotopic (exact) mass is 293 g/mol. The fourth-order valence-corrected chi connectivity index (χ4v) is 1.68. The predicted molar refractivity (Wildman–Crippen MR) is 63.5 cm³/mol. The van der Waals surface area contributed by atoms with Gasteiger partial charge in [0.05, 0.1) is 24.1 Å². The molecule has 1 aromatic rings. The minimum absolute atomic E-state index is 0.317. The molecule has 0 saturated carbocycles. The molecule has 0 aliphatic carbocycles. The summed E-state index contributed by atoms with van der Waals surface area (Å²) in [5.74, 6) is 0.503. The summed E-state index contributed by atoms with van der Waals surface area (Å²) in [6.07, 6.45) is -0.838. The molecule has 90 valence electrons. The first-order valence-electron chi connectivity index (χ1n) is 4.94. The third-order valence-electron chi connectivity index (χ3n) is 2.22. The molecule has 0 fully saturated rings. The predicted octanol–water partition coefficient (Wildman–Crippen LogP) is 2.56. The summed E-state index contributed by atoms with van der Waals surface area (Å²) in [5.41, 5.74) is 1.59. The zero-order valence-corrected chi connectivity index (χ0v) is 10.8. The van der Waals surface area contributed by atoms with Crippen LogP contribution in [-0.2, 0) is 0 Å². The molecule has 0 aliphatic rings. The highest BCUT2D eigenvalue weighted by Gasteiger charge is 2.14. The highest BCUT2D eigenvalue weighted by molar-refractivity contribution is 9.09. The first kappa shape index (κ1) is 13.3. The molecular weight excluding hydrogens is 280 g/mol. The van der Waals surface area contributed by atoms with Gasteiger partial charge in [-0.05, 0) is 13.8 Å². The topological polar surface area (TPSA) is 29.0 Å². The lowest BCUT2D eigenvalue weighted by Crippen LogP contribution is -2.31. The molecule has 0 aliphatic heterocycles. The molecule has 0 bridgehead atoms. The van der Waals surface area contributed by atoms with Crippen LogP contribution in [0.2, 0.25) is 0 Å². The summed E-state index contributed by atoms with van der Waals surface area (Å²) < 4.78 is 24.7. The van der Waals surface area contributed by atoms with Crippen LogP contribution in [0.3, 0.4) is 0 Å². The maximum absolute atomic E-state index is 12.4. The molecule has 3 nitrogen and oxygen atoms in total. The van der Waals surface area contributed by atoms with Crippen molar-refractivity contribution in [2.24, 2.45) is 0 Å². The van der Waals surface area contributed by atoms with E-state index in [-0.39, 0.29) is 6.54 Å². The van der Waals surface area contributed by atoms with Crippen LogP contribution in [0.1, 0.15) is 11.4 Å². The number of anilines is 1. The molecule has 0 N–H and O–H groups in total. The van der Waals surface area contributed by atoms with Gasteiger partial charge in [-0.3, -0.25) is 4.98 Å². The Kier molecular flexibility index (Phi) is 5.05. The molecule has 16 heavy (non-hydrogen) atoms. The van der Waals surface area contributed by atoms with Crippen molar-refractivity contribution in [2.45, 2.75) is 20.3 Å². The van der Waals surface area contributed by atoms with Gasteiger partial charge in [-0.1, -0.05) is 15.9 Å². The van der Waals surface area contributed by atoms with Crippen molar-refractivity contribution >= 4 is 21.7 Å². The van der Waals surface area contributed by atoms with Gasteiger partial charge in [0.15, 0.2) is 0 Å². The second-order valence-corrected chi connectivity index (χ2v) is 4.22. The lowest BCUT2D eigenvalue weighted by molar-refractivity contribution is 0.155. The van der Waals surface area contributed by atoms with Gasteiger partial charge in [0.2, 0.25) is 0 Å². The summed E-state index contributed by atoms with van der Waals surface area (Å²) in [6.45, 7) is 3.83. The van der Waals surface area contributed by atoms with E-state index in [1.165, 1.54) is 11.1 Å². The maximum Gasteiger partial charge on any atom is 0.255 e. The summed E-state index contributed by atoms with van der Waals surface area (Å²) in [5, 5.41) is 0.619. The van der Waals surface area contributed by atoms with Gasteiger partial charge in [-0.2, -0.15) is 0 Å². The number of nitrogens with zero attached hydrogens (tertiary/aromatic N) is 3. The Hall–Kier alpha value is -0.780. The average molecular weight is 294 g/mol. The van der Waals surface area contributed by atoms with E-state index in [1.54, 1.807) is 0 Å². The van der Waals surface area contributed by atoms with E-state index in [1.807, 2.05) is 13.8 Å². The van der Waals surface area contributed by atoms with Crippen LogP contribution in [0.4, 0.5) is 14.6 Å². The van der Waals surface area contributed by atoms with E-state index in [4.69, 9.17) is 0 Å². The summed E-state index contributed by atoms with van der Waals surface area (Å²) in [7, 11) is 0. The Balaban J connectivity index is 2.87. The van der Waals surface area contributed by atoms with Gasteiger partial charge in [-0.25, -0.2) is 13.8 Å². The zero-order valence-electron chi connectivity index (χ0n) is 9.25. The van der Waals surface area contributed by atoms with E-state index in [0.717, 1.165) is 11.4 Å². The molecule has 0 radical (unpaired) electrons. The summed E-state index contributed by atoms with van der Waals surface area (Å²) >= 11 is 3.24. The van der Waals surface area contributed by atoms with Gasteiger partial charge in [0, 0.05) is 11.9 Å². The fourth-order valence-electron chi connectivity index (χ4n) is 1.25. The van der Waals surface area contributed by atoms with Crippen LogP contribution in [0.25, 0.3) is 0 Å². The first-order valence-corrected chi connectivity index (χ1v) is 6.06. The van der Waals surface area contributed by atoms with Crippen molar-refractivity contribution in [3.8, 4) is 0 Å². The largest absolute Gasteiger partial charge is 0.349 e. The number of aryl methyl sites for hydroxylation is 2. The molecule has 0 aromatic carbocycles. The van der Waals surface area contributed by atoms with Crippen LogP contribution in [-0.4, -0.2) is 34.8 Å². The third-order valence-corrected chi connectivity index (χ3v) is 2.57. The number of alkyl halides is 3. The molecule has 0 amide bonds. The normalized spacial score (nSPS) is 10.9. The average Bonchev–Trinajstić information content (AvgIpc) is 2.21. The van der Waals surface area contributed by atoms with E-state index < -0.39 is 6.43 Å². The number of hydrogen-bond donors (Lipinski definition) is 0. The van der Waals surface area contributed by atoms with Crippen LogP contribution in [0, 0.1) is 13.8 Å². The van der Waals surface area contributed by atoms with Crippen molar-refractivity contribution in [1.82, 2.24) is 9.97 Å². The summed E-state index contributed by atoms with van der Waals surface area (Å²) in [4.78, 5) is 9.91. The van der Waals surface area contributed by atoms with Crippen molar-refractivity contribution in [2.75, 3.05) is 23.3 Å². The third kappa shape index (κ3) is 3.66. The lowest BCUT2D eigenvalue weighted by Gasteiger charge is -2.22.